The molecule has 0 aliphatic heterocycles. The summed E-state index contributed by atoms with van der Waals surface area (Å²) in [6.07, 6.45) is 5.92. The Morgan fingerprint density at radius 1 is 1.22 bits per heavy atom. The van der Waals surface area contributed by atoms with Crippen molar-refractivity contribution >= 4 is 0 Å². The molecule has 1 aromatic heterocycles. The summed E-state index contributed by atoms with van der Waals surface area (Å²) >= 11 is 0. The van der Waals surface area contributed by atoms with E-state index in [4.69, 9.17) is 0 Å². The minimum Gasteiger partial charge on any atom is -0.255 e. The quantitative estimate of drug-likeness (QED) is 0.398. The van der Waals surface area contributed by atoms with Gasteiger partial charge in [0, 0.05) is 23.7 Å². The van der Waals surface area contributed by atoms with Gasteiger partial charge in [-0.05, 0) is 43.9 Å². The molecule has 1 nitrogen and oxygen atoms in total. The Morgan fingerprint density at radius 3 is 2.61 bits per heavy atom. The van der Waals surface area contributed by atoms with Gasteiger partial charge in [0.2, 0.25) is 0 Å². The topological polar surface area (TPSA) is 12.9 Å². The first kappa shape index (κ1) is 17.0. The van der Waals surface area contributed by atoms with Crippen LogP contribution in [-0.4, -0.2) is 11.2 Å². The maximum absolute atomic E-state index is 12.7. The molecule has 118 valence electrons. The largest absolute Gasteiger partial charge is 0.255 e. The standard InChI is InChI=1S/C21H22FN/c1-3-7-18-10-13-20(14-11-18)21-15-12-19(16-23-21)9-6-4-5-8-17(2)22/h3,10-17H,1,4-5,7-8H2,2H3. The van der Waals surface area contributed by atoms with E-state index in [9.17, 15) is 4.39 Å². The number of benzene rings is 1. The van der Waals surface area contributed by atoms with Crippen LogP contribution in [0.15, 0.2) is 55.3 Å². The molecule has 1 heterocycles. The van der Waals surface area contributed by atoms with Crippen molar-refractivity contribution in [2.45, 2.75) is 38.8 Å². The lowest BCUT2D eigenvalue weighted by Gasteiger charge is -2.02. The Morgan fingerprint density at radius 2 is 2.00 bits per heavy atom. The number of alkyl halides is 1. The summed E-state index contributed by atoms with van der Waals surface area (Å²) in [6, 6.07) is 12.3. The van der Waals surface area contributed by atoms with Crippen LogP contribution in [0.3, 0.4) is 0 Å². The zero-order valence-electron chi connectivity index (χ0n) is 13.6. The third-order valence-electron chi connectivity index (χ3n) is 3.53. The lowest BCUT2D eigenvalue weighted by atomic mass is 10.1. The number of hydrogen-bond donors (Lipinski definition) is 0. The summed E-state index contributed by atoms with van der Waals surface area (Å²) in [6.45, 7) is 5.33. The number of unbranched alkanes of at least 4 members (excludes halogenated alkanes) is 1. The Kier molecular flexibility index (Phi) is 6.56. The van der Waals surface area contributed by atoms with Gasteiger partial charge in [-0.3, -0.25) is 4.98 Å². The van der Waals surface area contributed by atoms with Gasteiger partial charge in [0.05, 0.1) is 11.9 Å². The molecule has 1 unspecified atom stereocenters. The van der Waals surface area contributed by atoms with Gasteiger partial charge in [-0.2, -0.15) is 0 Å². The van der Waals surface area contributed by atoms with Crippen LogP contribution in [0.5, 0.6) is 0 Å². The van der Waals surface area contributed by atoms with Gasteiger partial charge in [-0.1, -0.05) is 42.2 Å². The molecule has 0 amide bonds. The fraction of sp³-hybridized carbons (Fsp3) is 0.286. The normalized spacial score (nSPS) is 11.4. The number of allylic oxidation sites excluding steroid dienone is 1. The Bertz CT molecular complexity index is 673. The van der Waals surface area contributed by atoms with E-state index in [0.717, 1.165) is 36.1 Å². The summed E-state index contributed by atoms with van der Waals surface area (Å²) in [4.78, 5) is 4.47. The van der Waals surface area contributed by atoms with E-state index in [0.29, 0.717) is 6.42 Å². The molecule has 0 saturated heterocycles. The Balaban J connectivity index is 1.96. The van der Waals surface area contributed by atoms with E-state index in [2.05, 4.69) is 47.7 Å². The van der Waals surface area contributed by atoms with Gasteiger partial charge < -0.3 is 0 Å². The molecule has 2 rings (SSSR count). The maximum Gasteiger partial charge on any atom is 0.0973 e. The van der Waals surface area contributed by atoms with Crippen LogP contribution in [0.4, 0.5) is 4.39 Å². The highest BCUT2D eigenvalue weighted by molar-refractivity contribution is 5.60. The summed E-state index contributed by atoms with van der Waals surface area (Å²) in [5, 5.41) is 0. The first-order valence-electron chi connectivity index (χ1n) is 7.98. The highest BCUT2D eigenvalue weighted by atomic mass is 19.1. The van der Waals surface area contributed by atoms with Crippen LogP contribution < -0.4 is 0 Å². The maximum atomic E-state index is 12.7. The van der Waals surface area contributed by atoms with Gasteiger partial charge in [-0.15, -0.1) is 6.58 Å². The van der Waals surface area contributed by atoms with E-state index < -0.39 is 6.17 Å². The van der Waals surface area contributed by atoms with E-state index in [1.165, 1.54) is 5.56 Å². The highest BCUT2D eigenvalue weighted by Gasteiger charge is 1.99. The lowest BCUT2D eigenvalue weighted by molar-refractivity contribution is 0.336. The van der Waals surface area contributed by atoms with Crippen molar-refractivity contribution in [2.24, 2.45) is 0 Å². The highest BCUT2D eigenvalue weighted by Crippen LogP contribution is 2.18. The van der Waals surface area contributed by atoms with Crippen LogP contribution in [0.1, 0.15) is 37.3 Å². The van der Waals surface area contributed by atoms with E-state index in [-0.39, 0.29) is 0 Å². The van der Waals surface area contributed by atoms with E-state index in [1.807, 2.05) is 18.2 Å². The number of halogens is 1. The average Bonchev–Trinajstić information content (AvgIpc) is 2.56. The third-order valence-corrected chi connectivity index (χ3v) is 3.53. The zero-order chi connectivity index (χ0) is 16.5. The summed E-state index contributed by atoms with van der Waals surface area (Å²) in [7, 11) is 0. The number of rotatable bonds is 6. The minimum absolute atomic E-state index is 0.577. The molecule has 0 aliphatic rings. The molecule has 2 aromatic rings. The van der Waals surface area contributed by atoms with Crippen molar-refractivity contribution in [3.63, 3.8) is 0 Å². The summed E-state index contributed by atoms with van der Waals surface area (Å²) < 4.78 is 12.7. The van der Waals surface area contributed by atoms with Crippen molar-refractivity contribution in [1.82, 2.24) is 4.98 Å². The zero-order valence-corrected chi connectivity index (χ0v) is 13.6. The van der Waals surface area contributed by atoms with Crippen molar-refractivity contribution in [1.29, 1.82) is 0 Å². The second-order valence-corrected chi connectivity index (χ2v) is 5.60. The molecular weight excluding hydrogens is 285 g/mol. The number of nitrogens with zero attached hydrogens (tertiary/aromatic N) is 1. The van der Waals surface area contributed by atoms with Crippen molar-refractivity contribution < 1.29 is 4.39 Å². The smallest absolute Gasteiger partial charge is 0.0973 e. The molecule has 0 bridgehead atoms. The first-order chi connectivity index (χ1) is 11.2. The molecule has 1 aromatic carbocycles. The first-order valence-corrected chi connectivity index (χ1v) is 7.98. The lowest BCUT2D eigenvalue weighted by Crippen LogP contribution is -1.90. The van der Waals surface area contributed by atoms with Crippen molar-refractivity contribution in [3.05, 3.63) is 66.4 Å². The molecule has 1 atom stereocenters. The third kappa shape index (κ3) is 5.71. The van der Waals surface area contributed by atoms with Crippen LogP contribution in [0.25, 0.3) is 11.3 Å². The number of aromatic nitrogens is 1. The molecule has 2 heteroatoms. The molecular formula is C21H22FN. The SMILES string of the molecule is C=CCc1ccc(-c2ccc(C#CCCCC(C)F)cn2)cc1. The van der Waals surface area contributed by atoms with Gasteiger partial charge in [-0.25, -0.2) is 4.39 Å². The van der Waals surface area contributed by atoms with Crippen LogP contribution in [-0.2, 0) is 6.42 Å². The van der Waals surface area contributed by atoms with Gasteiger partial charge in [0.25, 0.3) is 0 Å². The molecule has 23 heavy (non-hydrogen) atoms. The predicted molar refractivity (Wildman–Crippen MR) is 94.9 cm³/mol. The summed E-state index contributed by atoms with van der Waals surface area (Å²) in [5.74, 6) is 6.15. The monoisotopic (exact) mass is 307 g/mol. The van der Waals surface area contributed by atoms with Gasteiger partial charge in [0.15, 0.2) is 0 Å². The fourth-order valence-corrected chi connectivity index (χ4v) is 2.25. The Labute approximate surface area is 138 Å². The number of hydrogen-bond acceptors (Lipinski definition) is 1. The second-order valence-electron chi connectivity index (χ2n) is 5.60. The van der Waals surface area contributed by atoms with Crippen LogP contribution >= 0.6 is 0 Å². The molecule has 0 radical (unpaired) electrons. The molecule has 0 N–H and O–H groups in total. The minimum atomic E-state index is -0.740. The van der Waals surface area contributed by atoms with Crippen molar-refractivity contribution in [3.8, 4) is 23.1 Å². The second kappa shape index (κ2) is 8.90. The predicted octanol–water partition coefficient (Wildman–Crippen LogP) is 5.36. The molecule has 0 aliphatic carbocycles. The Hall–Kier alpha value is -2.40. The van der Waals surface area contributed by atoms with Gasteiger partial charge >= 0.3 is 0 Å². The van der Waals surface area contributed by atoms with Crippen LogP contribution in [0.2, 0.25) is 0 Å². The fourth-order valence-electron chi connectivity index (χ4n) is 2.25. The van der Waals surface area contributed by atoms with E-state index >= 15 is 0 Å². The average molecular weight is 307 g/mol. The molecule has 0 spiro atoms. The van der Waals surface area contributed by atoms with E-state index in [1.54, 1.807) is 13.1 Å². The number of pyridine rings is 1. The molecule has 0 saturated carbocycles. The summed E-state index contributed by atoms with van der Waals surface area (Å²) in [5.41, 5.74) is 4.17. The molecule has 0 fully saturated rings. The van der Waals surface area contributed by atoms with Crippen molar-refractivity contribution in [2.75, 3.05) is 0 Å². The van der Waals surface area contributed by atoms with Gasteiger partial charge in [0.1, 0.15) is 0 Å². The van der Waals surface area contributed by atoms with Crippen LogP contribution in [0, 0.1) is 11.8 Å².